The van der Waals surface area contributed by atoms with Crippen LogP contribution in [0.5, 0.6) is 0 Å². The van der Waals surface area contributed by atoms with Crippen LogP contribution in [0.4, 0.5) is 0 Å². The standard InChI is InChI=1S/C24H31N5S/c1-15-6-23-22(24(27-26-23)19-10-25-28(2)11-19)9-21(15)16-7-17-12-29(13-18(17)8-16)20-4-3-5-30-14-20/h6,9-11,16-18,20H,3-5,7-8,12-14H2,1-2H3,(H,26,27)/t16?,17-,18+,20?. The summed E-state index contributed by atoms with van der Waals surface area (Å²) in [6.45, 7) is 4.94. The van der Waals surface area contributed by atoms with Gasteiger partial charge in [0.15, 0.2) is 0 Å². The molecule has 158 valence electrons. The molecule has 2 aliphatic heterocycles. The zero-order chi connectivity index (χ0) is 20.2. The molecule has 3 aromatic rings. The molecule has 2 unspecified atom stereocenters. The number of aromatic amines is 1. The van der Waals surface area contributed by atoms with Crippen molar-refractivity contribution in [2.24, 2.45) is 18.9 Å². The zero-order valence-corrected chi connectivity index (χ0v) is 18.8. The van der Waals surface area contributed by atoms with Crippen molar-refractivity contribution in [3.05, 3.63) is 35.7 Å². The predicted molar refractivity (Wildman–Crippen MR) is 124 cm³/mol. The lowest BCUT2D eigenvalue weighted by molar-refractivity contribution is 0.226. The highest BCUT2D eigenvalue weighted by molar-refractivity contribution is 7.99. The summed E-state index contributed by atoms with van der Waals surface area (Å²) in [5.74, 6) is 5.20. The normalized spacial score (nSPS) is 29.7. The van der Waals surface area contributed by atoms with Crippen molar-refractivity contribution in [3.8, 4) is 11.3 Å². The van der Waals surface area contributed by atoms with Crippen molar-refractivity contribution in [1.82, 2.24) is 24.9 Å². The Hall–Kier alpha value is -1.79. The highest BCUT2D eigenvalue weighted by Crippen LogP contribution is 2.48. The number of aromatic nitrogens is 4. The zero-order valence-electron chi connectivity index (χ0n) is 18.0. The van der Waals surface area contributed by atoms with Gasteiger partial charge >= 0.3 is 0 Å². The van der Waals surface area contributed by atoms with Gasteiger partial charge in [-0.15, -0.1) is 0 Å². The molecule has 0 radical (unpaired) electrons. The van der Waals surface area contributed by atoms with Gasteiger partial charge < -0.3 is 0 Å². The first-order chi connectivity index (χ1) is 14.7. The molecule has 1 saturated carbocycles. The summed E-state index contributed by atoms with van der Waals surface area (Å²) in [4.78, 5) is 2.84. The highest BCUT2D eigenvalue weighted by Gasteiger charge is 2.43. The Morgan fingerprint density at radius 1 is 1.17 bits per heavy atom. The van der Waals surface area contributed by atoms with Crippen LogP contribution in [0.3, 0.4) is 0 Å². The SMILES string of the molecule is Cc1cc2[nH]nc(-c3cnn(C)c3)c2cc1C1C[C@@H]2CN(C3CCCSC3)C[C@@H]2C1. The Morgan fingerprint density at radius 3 is 2.70 bits per heavy atom. The Bertz CT molecular complexity index is 1050. The second-order valence-electron chi connectivity index (χ2n) is 9.74. The van der Waals surface area contributed by atoms with E-state index in [4.69, 9.17) is 0 Å². The third kappa shape index (κ3) is 3.19. The summed E-state index contributed by atoms with van der Waals surface area (Å²) in [7, 11) is 1.96. The summed E-state index contributed by atoms with van der Waals surface area (Å²) >= 11 is 2.16. The maximum absolute atomic E-state index is 4.62. The Morgan fingerprint density at radius 2 is 2.00 bits per heavy atom. The molecule has 3 aliphatic rings. The topological polar surface area (TPSA) is 49.7 Å². The molecule has 0 bridgehead atoms. The number of fused-ring (bicyclic) bond motifs is 2. The third-order valence-corrected chi connectivity index (χ3v) is 9.00. The van der Waals surface area contributed by atoms with Gasteiger partial charge in [-0.1, -0.05) is 0 Å². The smallest absolute Gasteiger partial charge is 0.103 e. The van der Waals surface area contributed by atoms with E-state index < -0.39 is 0 Å². The van der Waals surface area contributed by atoms with Crippen LogP contribution < -0.4 is 0 Å². The number of benzene rings is 1. The molecular weight excluding hydrogens is 390 g/mol. The molecule has 2 aromatic heterocycles. The number of H-pyrrole nitrogens is 1. The van der Waals surface area contributed by atoms with E-state index >= 15 is 0 Å². The Kier molecular flexibility index (Phi) is 4.68. The molecule has 2 saturated heterocycles. The van der Waals surface area contributed by atoms with Crippen LogP contribution in [0.1, 0.15) is 42.7 Å². The Balaban J connectivity index is 1.24. The van der Waals surface area contributed by atoms with E-state index in [0.717, 1.165) is 34.7 Å². The number of likely N-dealkylation sites (tertiary alicyclic amines) is 1. The van der Waals surface area contributed by atoms with Crippen molar-refractivity contribution in [3.63, 3.8) is 0 Å². The summed E-state index contributed by atoms with van der Waals surface area (Å²) in [6.07, 6.45) is 9.50. The van der Waals surface area contributed by atoms with Gasteiger partial charge in [-0.05, 0) is 79.4 Å². The van der Waals surface area contributed by atoms with Gasteiger partial charge in [0.2, 0.25) is 0 Å². The number of nitrogens with one attached hydrogen (secondary N) is 1. The molecule has 3 fully saturated rings. The van der Waals surface area contributed by atoms with Crippen molar-refractivity contribution < 1.29 is 0 Å². The van der Waals surface area contributed by atoms with Crippen molar-refractivity contribution in [2.45, 2.75) is 44.6 Å². The molecular formula is C24H31N5S. The molecule has 1 aliphatic carbocycles. The minimum atomic E-state index is 0.698. The van der Waals surface area contributed by atoms with E-state index in [-0.39, 0.29) is 0 Å². The van der Waals surface area contributed by atoms with Crippen LogP contribution in [-0.4, -0.2) is 55.5 Å². The lowest BCUT2D eigenvalue weighted by Crippen LogP contribution is -2.37. The fourth-order valence-corrected chi connectivity index (χ4v) is 7.48. The molecule has 4 atom stereocenters. The number of rotatable bonds is 3. The fourth-order valence-electron chi connectivity index (χ4n) is 6.29. The maximum Gasteiger partial charge on any atom is 0.103 e. The number of hydrogen-bond donors (Lipinski definition) is 1. The number of thioether (sulfide) groups is 1. The third-order valence-electron chi connectivity index (χ3n) is 7.80. The van der Waals surface area contributed by atoms with Gasteiger partial charge in [0, 0.05) is 49.1 Å². The van der Waals surface area contributed by atoms with E-state index in [1.54, 1.807) is 5.56 Å². The van der Waals surface area contributed by atoms with Crippen molar-refractivity contribution in [2.75, 3.05) is 24.6 Å². The van der Waals surface area contributed by atoms with E-state index in [1.165, 1.54) is 61.2 Å². The average Bonchev–Trinajstić information content (AvgIpc) is 3.50. The molecule has 4 heterocycles. The molecule has 6 rings (SSSR count). The van der Waals surface area contributed by atoms with Crippen LogP contribution in [0, 0.1) is 18.8 Å². The quantitative estimate of drug-likeness (QED) is 0.672. The molecule has 1 aromatic carbocycles. The molecule has 0 amide bonds. The first kappa shape index (κ1) is 18.9. The molecule has 0 spiro atoms. The second kappa shape index (κ2) is 7.41. The second-order valence-corrected chi connectivity index (χ2v) is 10.9. The van der Waals surface area contributed by atoms with Crippen LogP contribution in [0.15, 0.2) is 24.5 Å². The van der Waals surface area contributed by atoms with E-state index in [2.05, 4.69) is 51.0 Å². The van der Waals surface area contributed by atoms with Crippen LogP contribution in [0.2, 0.25) is 0 Å². The number of aryl methyl sites for hydroxylation is 2. The lowest BCUT2D eigenvalue weighted by atomic mass is 9.90. The van der Waals surface area contributed by atoms with Gasteiger partial charge in [0.1, 0.15) is 5.69 Å². The fraction of sp³-hybridized carbons (Fsp3) is 0.583. The molecule has 5 nitrogen and oxygen atoms in total. The van der Waals surface area contributed by atoms with E-state index in [9.17, 15) is 0 Å². The Labute approximate surface area is 182 Å². The summed E-state index contributed by atoms with van der Waals surface area (Å²) in [5, 5.41) is 13.4. The molecule has 1 N–H and O–H groups in total. The lowest BCUT2D eigenvalue weighted by Gasteiger charge is -2.31. The summed E-state index contributed by atoms with van der Waals surface area (Å²) < 4.78 is 1.85. The van der Waals surface area contributed by atoms with E-state index in [1.807, 2.05) is 24.1 Å². The predicted octanol–water partition coefficient (Wildman–Crippen LogP) is 4.59. The van der Waals surface area contributed by atoms with Gasteiger partial charge in [0.05, 0.1) is 11.7 Å². The first-order valence-electron chi connectivity index (χ1n) is 11.4. The van der Waals surface area contributed by atoms with Crippen LogP contribution >= 0.6 is 11.8 Å². The van der Waals surface area contributed by atoms with Crippen molar-refractivity contribution >= 4 is 22.7 Å². The van der Waals surface area contributed by atoms with Gasteiger partial charge in [-0.2, -0.15) is 22.0 Å². The maximum atomic E-state index is 4.62. The molecule has 30 heavy (non-hydrogen) atoms. The largest absolute Gasteiger partial charge is 0.299 e. The van der Waals surface area contributed by atoms with Gasteiger partial charge in [-0.3, -0.25) is 14.7 Å². The average molecular weight is 422 g/mol. The first-order valence-corrected chi connectivity index (χ1v) is 12.6. The minimum absolute atomic E-state index is 0.698. The van der Waals surface area contributed by atoms with Gasteiger partial charge in [0.25, 0.3) is 0 Å². The summed E-state index contributed by atoms with van der Waals surface area (Å²) in [6, 6.07) is 5.58. The van der Waals surface area contributed by atoms with Crippen LogP contribution in [-0.2, 0) is 7.05 Å². The minimum Gasteiger partial charge on any atom is -0.299 e. The number of nitrogens with zero attached hydrogens (tertiary/aromatic N) is 4. The summed E-state index contributed by atoms with van der Waals surface area (Å²) in [5.41, 5.74) is 6.20. The van der Waals surface area contributed by atoms with Crippen molar-refractivity contribution in [1.29, 1.82) is 0 Å². The monoisotopic (exact) mass is 421 g/mol. The van der Waals surface area contributed by atoms with E-state index in [0.29, 0.717) is 5.92 Å². The van der Waals surface area contributed by atoms with Crippen LogP contribution in [0.25, 0.3) is 22.2 Å². The number of hydrogen-bond acceptors (Lipinski definition) is 4. The molecule has 6 heteroatoms. The highest BCUT2D eigenvalue weighted by atomic mass is 32.2. The van der Waals surface area contributed by atoms with Gasteiger partial charge in [-0.25, -0.2) is 0 Å².